The summed E-state index contributed by atoms with van der Waals surface area (Å²) in [6.07, 6.45) is 3.39. The van der Waals surface area contributed by atoms with Gasteiger partial charge in [0.15, 0.2) is 11.5 Å². The fourth-order valence-electron chi connectivity index (χ4n) is 1.69. The van der Waals surface area contributed by atoms with Gasteiger partial charge in [0.1, 0.15) is 0 Å². The lowest BCUT2D eigenvalue weighted by atomic mass is 10.0. The number of aromatic hydroxyl groups is 2. The van der Waals surface area contributed by atoms with E-state index in [0.717, 1.165) is 6.42 Å². The van der Waals surface area contributed by atoms with E-state index in [0.29, 0.717) is 11.5 Å². The average molecular weight is 193 g/mol. The minimum Gasteiger partial charge on any atom is -0.504 e. The van der Waals surface area contributed by atoms with Crippen molar-refractivity contribution in [2.45, 2.75) is 25.3 Å². The molecule has 0 radical (unpaired) electrons. The van der Waals surface area contributed by atoms with Gasteiger partial charge in [-0.2, -0.15) is 0 Å². The Hall–Kier alpha value is -1.22. The number of hydrogen-bond acceptors (Lipinski definition) is 3. The van der Waals surface area contributed by atoms with Crippen LogP contribution >= 0.6 is 0 Å². The van der Waals surface area contributed by atoms with Gasteiger partial charge in [-0.05, 0) is 18.4 Å². The molecular weight excluding hydrogens is 178 g/mol. The predicted molar refractivity (Wildman–Crippen MR) is 54.0 cm³/mol. The lowest BCUT2D eigenvalue weighted by Crippen LogP contribution is -2.11. The maximum atomic E-state index is 9.57. The second-order valence-corrected chi connectivity index (χ2v) is 4.00. The van der Waals surface area contributed by atoms with Crippen LogP contribution in [0.3, 0.4) is 0 Å². The van der Waals surface area contributed by atoms with E-state index in [2.05, 4.69) is 0 Å². The van der Waals surface area contributed by atoms with Crippen molar-refractivity contribution < 1.29 is 10.2 Å². The first kappa shape index (κ1) is 9.34. The molecule has 0 spiro atoms. The number of hydrogen-bond donors (Lipinski definition) is 3. The van der Waals surface area contributed by atoms with Crippen molar-refractivity contribution in [1.29, 1.82) is 0 Å². The van der Waals surface area contributed by atoms with Crippen molar-refractivity contribution in [2.75, 3.05) is 0 Å². The maximum absolute atomic E-state index is 9.57. The molecule has 4 N–H and O–H groups in total. The molecule has 1 aliphatic rings. The van der Waals surface area contributed by atoms with Crippen LogP contribution in [0.4, 0.5) is 0 Å². The Labute approximate surface area is 83.2 Å². The third kappa shape index (κ3) is 1.82. The van der Waals surface area contributed by atoms with Crippen LogP contribution in [0.25, 0.3) is 0 Å². The Kier molecular flexibility index (Phi) is 2.33. The lowest BCUT2D eigenvalue weighted by molar-refractivity contribution is 0.393. The zero-order valence-corrected chi connectivity index (χ0v) is 7.98. The Morgan fingerprint density at radius 2 is 2.07 bits per heavy atom. The first-order valence-corrected chi connectivity index (χ1v) is 4.95. The molecule has 0 unspecified atom stereocenters. The average Bonchev–Trinajstić information content (AvgIpc) is 2.93. The van der Waals surface area contributed by atoms with Crippen molar-refractivity contribution in [2.24, 2.45) is 11.7 Å². The summed E-state index contributed by atoms with van der Waals surface area (Å²) < 4.78 is 0. The van der Waals surface area contributed by atoms with Crippen LogP contribution in [-0.4, -0.2) is 10.2 Å². The van der Waals surface area contributed by atoms with Gasteiger partial charge in [0.2, 0.25) is 0 Å². The van der Waals surface area contributed by atoms with Gasteiger partial charge in [-0.3, -0.25) is 0 Å². The highest BCUT2D eigenvalue weighted by Crippen LogP contribution is 2.40. The van der Waals surface area contributed by atoms with Crippen LogP contribution in [0.1, 0.15) is 30.9 Å². The molecule has 0 saturated heterocycles. The smallest absolute Gasteiger partial charge is 0.162 e. The summed E-state index contributed by atoms with van der Waals surface area (Å²) >= 11 is 0. The van der Waals surface area contributed by atoms with E-state index in [1.807, 2.05) is 0 Å². The SMILES string of the molecule is N[C@H](CC1CC1)c1cccc(O)c1O. The molecule has 3 nitrogen and oxygen atoms in total. The van der Waals surface area contributed by atoms with E-state index in [1.165, 1.54) is 18.9 Å². The Balaban J connectivity index is 2.16. The van der Waals surface area contributed by atoms with Crippen molar-refractivity contribution in [3.63, 3.8) is 0 Å². The quantitative estimate of drug-likeness (QED) is 0.642. The van der Waals surface area contributed by atoms with E-state index >= 15 is 0 Å². The second kappa shape index (κ2) is 3.50. The van der Waals surface area contributed by atoms with Gasteiger partial charge in [-0.1, -0.05) is 25.0 Å². The van der Waals surface area contributed by atoms with Gasteiger partial charge in [0, 0.05) is 11.6 Å². The van der Waals surface area contributed by atoms with E-state index < -0.39 is 0 Å². The molecule has 2 rings (SSSR count). The standard InChI is InChI=1S/C11H15NO2/c12-9(6-7-4-5-7)8-2-1-3-10(13)11(8)14/h1-3,7,9,13-14H,4-6,12H2/t9-/m1/s1. The summed E-state index contributed by atoms with van der Waals surface area (Å²) in [6.45, 7) is 0. The summed E-state index contributed by atoms with van der Waals surface area (Å²) in [5, 5.41) is 18.9. The third-order valence-corrected chi connectivity index (χ3v) is 2.73. The lowest BCUT2D eigenvalue weighted by Gasteiger charge is -2.13. The second-order valence-electron chi connectivity index (χ2n) is 4.00. The Bertz CT molecular complexity index is 334. The molecule has 1 saturated carbocycles. The summed E-state index contributed by atoms with van der Waals surface area (Å²) in [4.78, 5) is 0. The zero-order valence-electron chi connectivity index (χ0n) is 7.98. The minimum atomic E-state index is -0.158. The summed E-state index contributed by atoms with van der Waals surface area (Å²) in [6, 6.07) is 4.77. The van der Waals surface area contributed by atoms with Gasteiger partial charge in [-0.15, -0.1) is 0 Å². The van der Waals surface area contributed by atoms with Crippen LogP contribution in [0.2, 0.25) is 0 Å². The van der Waals surface area contributed by atoms with Crippen LogP contribution in [0, 0.1) is 5.92 Å². The molecule has 0 amide bonds. The van der Waals surface area contributed by atoms with Gasteiger partial charge >= 0.3 is 0 Å². The summed E-state index contributed by atoms with van der Waals surface area (Å²) in [5.74, 6) is 0.557. The van der Waals surface area contributed by atoms with Crippen molar-refractivity contribution >= 4 is 0 Å². The first-order valence-electron chi connectivity index (χ1n) is 4.95. The van der Waals surface area contributed by atoms with E-state index in [9.17, 15) is 10.2 Å². The van der Waals surface area contributed by atoms with Crippen LogP contribution < -0.4 is 5.73 Å². The number of para-hydroxylation sites is 1. The van der Waals surface area contributed by atoms with E-state index in [1.54, 1.807) is 12.1 Å². The van der Waals surface area contributed by atoms with Gasteiger partial charge < -0.3 is 15.9 Å². The molecule has 1 aliphatic carbocycles. The Morgan fingerprint density at radius 1 is 1.36 bits per heavy atom. The van der Waals surface area contributed by atoms with Crippen molar-refractivity contribution in [3.05, 3.63) is 23.8 Å². The summed E-state index contributed by atoms with van der Waals surface area (Å²) in [5.41, 5.74) is 6.58. The third-order valence-electron chi connectivity index (χ3n) is 2.73. The molecular formula is C11H15NO2. The minimum absolute atomic E-state index is 0.0688. The molecule has 1 atom stereocenters. The molecule has 0 aromatic heterocycles. The molecule has 3 heteroatoms. The van der Waals surface area contributed by atoms with Crippen LogP contribution in [-0.2, 0) is 0 Å². The Morgan fingerprint density at radius 3 is 2.71 bits per heavy atom. The number of nitrogens with two attached hydrogens (primary N) is 1. The molecule has 76 valence electrons. The number of phenols is 2. The van der Waals surface area contributed by atoms with E-state index in [4.69, 9.17) is 5.73 Å². The number of rotatable bonds is 3. The largest absolute Gasteiger partial charge is 0.504 e. The van der Waals surface area contributed by atoms with Crippen LogP contribution in [0.15, 0.2) is 18.2 Å². The first-order chi connectivity index (χ1) is 6.68. The molecule has 0 bridgehead atoms. The van der Waals surface area contributed by atoms with Crippen molar-refractivity contribution in [1.82, 2.24) is 0 Å². The highest BCUT2D eigenvalue weighted by atomic mass is 16.3. The molecule has 1 aromatic carbocycles. The fraction of sp³-hybridized carbons (Fsp3) is 0.455. The monoisotopic (exact) mass is 193 g/mol. The van der Waals surface area contributed by atoms with Gasteiger partial charge in [-0.25, -0.2) is 0 Å². The predicted octanol–water partition coefficient (Wildman–Crippen LogP) is 1.90. The number of phenolic OH excluding ortho intramolecular Hbond substituents is 2. The van der Waals surface area contributed by atoms with Gasteiger partial charge in [0.25, 0.3) is 0 Å². The van der Waals surface area contributed by atoms with E-state index in [-0.39, 0.29) is 17.5 Å². The molecule has 1 fully saturated rings. The van der Waals surface area contributed by atoms with Gasteiger partial charge in [0.05, 0.1) is 0 Å². The molecule has 1 aromatic rings. The van der Waals surface area contributed by atoms with Crippen LogP contribution in [0.5, 0.6) is 11.5 Å². The zero-order chi connectivity index (χ0) is 10.1. The molecule has 0 aliphatic heterocycles. The molecule has 14 heavy (non-hydrogen) atoms. The maximum Gasteiger partial charge on any atom is 0.162 e. The highest BCUT2D eigenvalue weighted by molar-refractivity contribution is 5.45. The number of benzene rings is 1. The summed E-state index contributed by atoms with van der Waals surface area (Å²) in [7, 11) is 0. The highest BCUT2D eigenvalue weighted by Gasteiger charge is 2.25. The fourth-order valence-corrected chi connectivity index (χ4v) is 1.69. The molecule has 0 heterocycles. The topological polar surface area (TPSA) is 66.5 Å². The van der Waals surface area contributed by atoms with Crippen molar-refractivity contribution in [3.8, 4) is 11.5 Å². The normalized spacial score (nSPS) is 18.1.